The molecule has 1 unspecified atom stereocenters. The maximum Gasteiger partial charge on any atom is 0.0642 e. The van der Waals surface area contributed by atoms with E-state index in [0.717, 1.165) is 36.8 Å². The summed E-state index contributed by atoms with van der Waals surface area (Å²) in [5, 5.41) is 4.13. The number of rotatable bonds is 8. The fraction of sp³-hybridized carbons (Fsp3) is 0.600. The molecule has 1 rings (SSSR count). The van der Waals surface area contributed by atoms with Gasteiger partial charge in [-0.15, -0.1) is 0 Å². The van der Waals surface area contributed by atoms with Crippen LogP contribution in [0.15, 0.2) is 18.2 Å². The maximum absolute atomic E-state index is 6.37. The Morgan fingerprint density at radius 1 is 1.42 bits per heavy atom. The Morgan fingerprint density at radius 3 is 2.74 bits per heavy atom. The van der Waals surface area contributed by atoms with Gasteiger partial charge in [-0.1, -0.05) is 24.6 Å². The number of hydrogen-bond acceptors (Lipinski definition) is 3. The third-order valence-electron chi connectivity index (χ3n) is 3.46. The Kier molecular flexibility index (Phi) is 7.21. The Hall–Kier alpha value is -0.770. The average Bonchev–Trinajstić information content (AvgIpc) is 2.42. The predicted octanol–water partition coefficient (Wildman–Crippen LogP) is 3.31. The zero-order chi connectivity index (χ0) is 14.3. The zero-order valence-electron chi connectivity index (χ0n) is 12.4. The highest BCUT2D eigenvalue weighted by Crippen LogP contribution is 2.27. The minimum absolute atomic E-state index is 0.489. The predicted molar refractivity (Wildman–Crippen MR) is 83.2 cm³/mol. The number of hydrogen-bond donors (Lipinski definition) is 1. The topological polar surface area (TPSA) is 24.5 Å². The molecule has 1 aromatic rings. The summed E-state index contributed by atoms with van der Waals surface area (Å²) in [5.41, 5.74) is 2.29. The molecule has 0 spiro atoms. The molecule has 1 aromatic carbocycles. The second-order valence-corrected chi connectivity index (χ2v) is 5.23. The highest BCUT2D eigenvalue weighted by molar-refractivity contribution is 6.33. The maximum atomic E-state index is 6.37. The molecule has 3 nitrogen and oxygen atoms in total. The van der Waals surface area contributed by atoms with Gasteiger partial charge in [-0.3, -0.25) is 0 Å². The van der Waals surface area contributed by atoms with Crippen LogP contribution in [0.2, 0.25) is 5.02 Å². The van der Waals surface area contributed by atoms with Crippen molar-refractivity contribution in [2.24, 2.45) is 0 Å². The van der Waals surface area contributed by atoms with Gasteiger partial charge in [0, 0.05) is 33.3 Å². The van der Waals surface area contributed by atoms with Crippen molar-refractivity contribution in [3.8, 4) is 0 Å². The Balaban J connectivity index is 2.63. The smallest absolute Gasteiger partial charge is 0.0642 e. The molecule has 0 amide bonds. The summed E-state index contributed by atoms with van der Waals surface area (Å²) in [7, 11) is 3.80. The van der Waals surface area contributed by atoms with E-state index in [9.17, 15) is 0 Å². The largest absolute Gasteiger partial charge is 0.383 e. The lowest BCUT2D eigenvalue weighted by molar-refractivity contribution is 0.199. The molecule has 0 aliphatic carbocycles. The van der Waals surface area contributed by atoms with Crippen molar-refractivity contribution in [2.75, 3.05) is 32.2 Å². The van der Waals surface area contributed by atoms with Gasteiger partial charge in [0.15, 0.2) is 0 Å². The molecule has 19 heavy (non-hydrogen) atoms. The summed E-state index contributed by atoms with van der Waals surface area (Å²) in [6.45, 7) is 6.78. The molecule has 0 bridgehead atoms. The van der Waals surface area contributed by atoms with E-state index in [4.69, 9.17) is 16.3 Å². The molecule has 0 aromatic heterocycles. The molecule has 0 radical (unpaired) electrons. The molecule has 0 saturated carbocycles. The van der Waals surface area contributed by atoms with Gasteiger partial charge in [-0.25, -0.2) is 0 Å². The molecular weight excluding hydrogens is 260 g/mol. The van der Waals surface area contributed by atoms with Crippen LogP contribution in [0.4, 0.5) is 5.69 Å². The third kappa shape index (κ3) is 5.01. The van der Waals surface area contributed by atoms with Crippen LogP contribution in [0.5, 0.6) is 0 Å². The molecule has 1 atom stereocenters. The number of nitrogens with zero attached hydrogens (tertiary/aromatic N) is 1. The molecule has 0 heterocycles. The van der Waals surface area contributed by atoms with Gasteiger partial charge >= 0.3 is 0 Å². The normalized spacial score (nSPS) is 12.5. The first-order valence-electron chi connectivity index (χ1n) is 6.81. The van der Waals surface area contributed by atoms with Crippen LogP contribution in [0, 0.1) is 0 Å². The number of nitrogens with one attached hydrogen (secondary N) is 1. The fourth-order valence-electron chi connectivity index (χ4n) is 1.86. The molecule has 0 fully saturated rings. The monoisotopic (exact) mass is 284 g/mol. The van der Waals surface area contributed by atoms with Gasteiger partial charge in [0.1, 0.15) is 0 Å². The van der Waals surface area contributed by atoms with Crippen molar-refractivity contribution in [2.45, 2.75) is 32.9 Å². The van der Waals surface area contributed by atoms with Crippen LogP contribution in [0.3, 0.4) is 0 Å². The molecule has 0 saturated heterocycles. The second-order valence-electron chi connectivity index (χ2n) is 4.82. The van der Waals surface area contributed by atoms with Gasteiger partial charge in [-0.2, -0.15) is 0 Å². The number of ether oxygens (including phenoxy) is 1. The summed E-state index contributed by atoms with van der Waals surface area (Å²) in [6, 6.07) is 6.75. The van der Waals surface area contributed by atoms with E-state index < -0.39 is 0 Å². The Bertz CT molecular complexity index is 384. The van der Waals surface area contributed by atoms with Gasteiger partial charge in [-0.05, 0) is 31.0 Å². The summed E-state index contributed by atoms with van der Waals surface area (Å²) in [4.78, 5) is 2.23. The molecular formula is C15H25ClN2O. The molecule has 108 valence electrons. The third-order valence-corrected chi connectivity index (χ3v) is 3.76. The highest BCUT2D eigenvalue weighted by atomic mass is 35.5. The van der Waals surface area contributed by atoms with Crippen LogP contribution in [-0.2, 0) is 11.3 Å². The van der Waals surface area contributed by atoms with Crippen LogP contribution in [0.1, 0.15) is 25.8 Å². The first-order chi connectivity index (χ1) is 9.10. The van der Waals surface area contributed by atoms with Crippen molar-refractivity contribution < 1.29 is 4.74 Å². The van der Waals surface area contributed by atoms with Crippen LogP contribution < -0.4 is 10.2 Å². The van der Waals surface area contributed by atoms with Crippen molar-refractivity contribution in [3.05, 3.63) is 28.8 Å². The summed E-state index contributed by atoms with van der Waals surface area (Å²) >= 11 is 6.37. The molecule has 1 N–H and O–H groups in total. The van der Waals surface area contributed by atoms with E-state index in [0.29, 0.717) is 6.04 Å². The Morgan fingerprint density at radius 2 is 2.16 bits per heavy atom. The number of benzene rings is 1. The van der Waals surface area contributed by atoms with Gasteiger partial charge in [0.2, 0.25) is 0 Å². The lowest BCUT2D eigenvalue weighted by Crippen LogP contribution is -2.28. The van der Waals surface area contributed by atoms with E-state index in [1.54, 1.807) is 7.11 Å². The summed E-state index contributed by atoms with van der Waals surface area (Å²) in [5.74, 6) is 0. The zero-order valence-corrected chi connectivity index (χ0v) is 13.1. The van der Waals surface area contributed by atoms with Gasteiger partial charge in [0.05, 0.1) is 17.3 Å². The minimum atomic E-state index is 0.489. The minimum Gasteiger partial charge on any atom is -0.383 e. The van der Waals surface area contributed by atoms with Crippen LogP contribution >= 0.6 is 11.6 Å². The number of halogens is 1. The van der Waals surface area contributed by atoms with Crippen LogP contribution in [-0.4, -0.2) is 33.4 Å². The van der Waals surface area contributed by atoms with E-state index in [1.807, 2.05) is 6.07 Å². The summed E-state index contributed by atoms with van der Waals surface area (Å²) in [6.07, 6.45) is 1.10. The standard InChI is InChI=1S/C15H25ClN2O/c1-5-12(2)18(3)15-7-6-13(10-14(15)16)11-17-8-9-19-4/h6-7,10,12,17H,5,8-9,11H2,1-4H3. The first kappa shape index (κ1) is 16.3. The van der Waals surface area contributed by atoms with E-state index in [2.05, 4.69) is 43.2 Å². The Labute approximate surface area is 121 Å². The van der Waals surface area contributed by atoms with E-state index >= 15 is 0 Å². The quantitative estimate of drug-likeness (QED) is 0.741. The average molecular weight is 285 g/mol. The SMILES string of the molecule is CCC(C)N(C)c1ccc(CNCCOC)cc1Cl. The first-order valence-corrected chi connectivity index (χ1v) is 7.18. The van der Waals surface area contributed by atoms with Gasteiger partial charge in [0.25, 0.3) is 0 Å². The van der Waals surface area contributed by atoms with Crippen molar-refractivity contribution in [3.63, 3.8) is 0 Å². The van der Waals surface area contributed by atoms with Crippen molar-refractivity contribution in [1.82, 2.24) is 5.32 Å². The lowest BCUT2D eigenvalue weighted by atomic mass is 10.1. The molecule has 0 aliphatic rings. The number of methoxy groups -OCH3 is 1. The second kappa shape index (κ2) is 8.41. The van der Waals surface area contributed by atoms with E-state index in [-0.39, 0.29) is 0 Å². The fourth-order valence-corrected chi connectivity index (χ4v) is 2.20. The van der Waals surface area contributed by atoms with Crippen molar-refractivity contribution >= 4 is 17.3 Å². The number of anilines is 1. The lowest BCUT2D eigenvalue weighted by Gasteiger charge is -2.27. The molecule has 4 heteroatoms. The summed E-state index contributed by atoms with van der Waals surface area (Å²) < 4.78 is 5.00. The van der Waals surface area contributed by atoms with Crippen LogP contribution in [0.25, 0.3) is 0 Å². The van der Waals surface area contributed by atoms with Gasteiger partial charge < -0.3 is 15.0 Å². The van der Waals surface area contributed by atoms with Crippen molar-refractivity contribution in [1.29, 1.82) is 0 Å². The molecule has 0 aliphatic heterocycles. The van der Waals surface area contributed by atoms with E-state index in [1.165, 1.54) is 5.56 Å². The highest BCUT2D eigenvalue weighted by Gasteiger charge is 2.11.